The summed E-state index contributed by atoms with van der Waals surface area (Å²) in [6, 6.07) is 13.0. The van der Waals surface area contributed by atoms with Crippen LogP contribution in [0.1, 0.15) is 44.7 Å². The SMILES string of the molecule is Nc1ncccc1-c1nc2ccc(-n3nccn3)nc2n1-c1ccc2c(c1)CC[C@@H]2NC(=O)c1cnc(C(F)F)s1. The number of alkyl halides is 2. The number of aromatic nitrogens is 8. The first-order chi connectivity index (χ1) is 20.0. The van der Waals surface area contributed by atoms with Gasteiger partial charge in [-0.1, -0.05) is 6.07 Å². The number of hydrogen-bond acceptors (Lipinski definition) is 9. The van der Waals surface area contributed by atoms with Gasteiger partial charge in [-0.15, -0.1) is 16.1 Å². The van der Waals surface area contributed by atoms with Gasteiger partial charge in [0.1, 0.15) is 16.2 Å². The van der Waals surface area contributed by atoms with E-state index in [0.717, 1.165) is 16.8 Å². The summed E-state index contributed by atoms with van der Waals surface area (Å²) in [4.78, 5) is 31.9. The van der Waals surface area contributed by atoms with Crippen molar-refractivity contribution in [3.8, 4) is 22.9 Å². The minimum absolute atomic E-state index is 0.155. The lowest BCUT2D eigenvalue weighted by Gasteiger charge is -2.15. The van der Waals surface area contributed by atoms with E-state index >= 15 is 0 Å². The Hall–Kier alpha value is -5.11. The van der Waals surface area contributed by atoms with Gasteiger partial charge in [0, 0.05) is 11.9 Å². The van der Waals surface area contributed by atoms with Crippen molar-refractivity contribution in [2.75, 3.05) is 5.73 Å². The van der Waals surface area contributed by atoms with Crippen molar-refractivity contribution >= 4 is 34.2 Å². The Morgan fingerprint density at radius 2 is 1.93 bits per heavy atom. The average Bonchev–Trinajstić information content (AvgIpc) is 3.79. The van der Waals surface area contributed by atoms with E-state index in [1.54, 1.807) is 30.7 Å². The zero-order valence-corrected chi connectivity index (χ0v) is 22.0. The van der Waals surface area contributed by atoms with Gasteiger partial charge in [-0.25, -0.2) is 28.7 Å². The minimum Gasteiger partial charge on any atom is -0.383 e. The molecule has 3 N–H and O–H groups in total. The van der Waals surface area contributed by atoms with Gasteiger partial charge in [0.25, 0.3) is 12.3 Å². The lowest BCUT2D eigenvalue weighted by atomic mass is 10.1. The van der Waals surface area contributed by atoms with Gasteiger partial charge in [-0.05, 0) is 60.4 Å². The molecule has 0 spiro atoms. The molecular weight excluding hydrogens is 550 g/mol. The summed E-state index contributed by atoms with van der Waals surface area (Å²) in [6.07, 6.45) is 4.64. The molecule has 0 bridgehead atoms. The molecule has 14 heteroatoms. The van der Waals surface area contributed by atoms with Crippen LogP contribution in [0.5, 0.6) is 0 Å². The smallest absolute Gasteiger partial charge is 0.289 e. The van der Waals surface area contributed by atoms with Crippen molar-refractivity contribution in [1.82, 2.24) is 44.8 Å². The lowest BCUT2D eigenvalue weighted by molar-refractivity contribution is 0.0940. The van der Waals surface area contributed by atoms with E-state index in [0.29, 0.717) is 58.4 Å². The molecule has 5 heterocycles. The van der Waals surface area contributed by atoms with Crippen molar-refractivity contribution in [2.24, 2.45) is 0 Å². The quantitative estimate of drug-likeness (QED) is 0.299. The van der Waals surface area contributed by atoms with Crippen LogP contribution in [0.25, 0.3) is 34.1 Å². The summed E-state index contributed by atoms with van der Waals surface area (Å²) >= 11 is 0.700. The highest BCUT2D eigenvalue weighted by atomic mass is 32.1. The Bertz CT molecular complexity index is 1920. The Morgan fingerprint density at radius 1 is 1.07 bits per heavy atom. The molecule has 1 aliphatic carbocycles. The number of fused-ring (bicyclic) bond motifs is 2. The molecule has 0 radical (unpaired) electrons. The summed E-state index contributed by atoms with van der Waals surface area (Å²) in [5.74, 6) is 1.01. The molecule has 0 saturated heterocycles. The molecule has 6 aromatic rings. The standard InChI is InChI=1S/C27H20F2N10OS/c28-22(29)27-32-13-20(41-27)26(40)36-18-6-3-14-12-15(4-5-16(14)18)38-24(17-2-1-9-31-23(17)30)35-19-7-8-21(37-25(19)38)39-33-10-11-34-39/h1-2,4-5,7-13,18,22H,3,6H2,(H2,30,31)(H,36,40)/t18-/m0/s1. The highest BCUT2D eigenvalue weighted by molar-refractivity contribution is 7.13. The molecule has 1 atom stereocenters. The van der Waals surface area contributed by atoms with Crippen LogP contribution in [0, 0.1) is 0 Å². The first-order valence-corrected chi connectivity index (χ1v) is 13.4. The third-order valence-electron chi connectivity index (χ3n) is 6.89. The van der Waals surface area contributed by atoms with E-state index in [-0.39, 0.29) is 15.9 Å². The number of rotatable bonds is 6. The van der Waals surface area contributed by atoms with E-state index < -0.39 is 12.3 Å². The van der Waals surface area contributed by atoms with Crippen LogP contribution in [-0.2, 0) is 6.42 Å². The topological polar surface area (TPSA) is 142 Å². The molecule has 0 fully saturated rings. The molecule has 41 heavy (non-hydrogen) atoms. The highest BCUT2D eigenvalue weighted by Crippen LogP contribution is 2.36. The zero-order valence-electron chi connectivity index (χ0n) is 21.1. The van der Waals surface area contributed by atoms with Crippen molar-refractivity contribution < 1.29 is 13.6 Å². The van der Waals surface area contributed by atoms with Crippen LogP contribution in [0.3, 0.4) is 0 Å². The molecule has 5 aromatic heterocycles. The fraction of sp³-hybridized carbons (Fsp3) is 0.148. The molecule has 0 aliphatic heterocycles. The Kier molecular flexibility index (Phi) is 5.96. The molecule has 0 saturated carbocycles. The van der Waals surface area contributed by atoms with Gasteiger partial charge in [0.05, 0.1) is 30.2 Å². The Morgan fingerprint density at radius 3 is 2.71 bits per heavy atom. The van der Waals surface area contributed by atoms with Crippen LogP contribution >= 0.6 is 11.3 Å². The van der Waals surface area contributed by atoms with Crippen LogP contribution in [0.15, 0.2) is 67.3 Å². The summed E-state index contributed by atoms with van der Waals surface area (Å²) in [5.41, 5.74) is 11.0. The van der Waals surface area contributed by atoms with Gasteiger partial charge >= 0.3 is 0 Å². The highest BCUT2D eigenvalue weighted by Gasteiger charge is 2.27. The maximum absolute atomic E-state index is 12.9. The summed E-state index contributed by atoms with van der Waals surface area (Å²) in [7, 11) is 0. The molecule has 7 rings (SSSR count). The number of benzene rings is 1. The van der Waals surface area contributed by atoms with Gasteiger partial charge in [0.2, 0.25) is 0 Å². The molecule has 1 aromatic carbocycles. The maximum Gasteiger partial charge on any atom is 0.289 e. The van der Waals surface area contributed by atoms with Crippen molar-refractivity contribution in [1.29, 1.82) is 0 Å². The maximum atomic E-state index is 12.9. The van der Waals surface area contributed by atoms with E-state index in [4.69, 9.17) is 15.7 Å². The van der Waals surface area contributed by atoms with Crippen LogP contribution < -0.4 is 11.1 Å². The van der Waals surface area contributed by atoms with Crippen LogP contribution in [-0.4, -0.2) is 45.4 Å². The molecule has 0 unspecified atom stereocenters. The number of hydrogen-bond donors (Lipinski definition) is 2. The van der Waals surface area contributed by atoms with Gasteiger partial charge in [-0.3, -0.25) is 9.36 Å². The van der Waals surface area contributed by atoms with Gasteiger partial charge in [0.15, 0.2) is 22.3 Å². The fourth-order valence-electron chi connectivity index (χ4n) is 5.04. The largest absolute Gasteiger partial charge is 0.383 e. The number of nitrogens with zero attached hydrogens (tertiary/aromatic N) is 8. The normalized spacial score (nSPS) is 14.6. The number of aryl methyl sites for hydroxylation is 1. The van der Waals surface area contributed by atoms with Crippen LogP contribution in [0.4, 0.5) is 14.6 Å². The number of pyridine rings is 2. The number of nitrogens with one attached hydrogen (secondary N) is 1. The number of thiazole rings is 1. The van der Waals surface area contributed by atoms with Crippen molar-refractivity contribution in [2.45, 2.75) is 25.3 Å². The third-order valence-corrected chi connectivity index (χ3v) is 7.90. The molecule has 1 amide bonds. The van der Waals surface area contributed by atoms with E-state index in [2.05, 4.69) is 25.5 Å². The number of nitrogens with two attached hydrogens (primary N) is 1. The van der Waals surface area contributed by atoms with E-state index in [1.165, 1.54) is 11.0 Å². The number of carbonyl (C=O) groups excluding carboxylic acids is 1. The fourth-order valence-corrected chi connectivity index (χ4v) is 5.72. The molecule has 204 valence electrons. The zero-order chi connectivity index (χ0) is 28.1. The first kappa shape index (κ1) is 24.9. The van der Waals surface area contributed by atoms with E-state index in [1.807, 2.05) is 34.9 Å². The summed E-state index contributed by atoms with van der Waals surface area (Å²) in [5, 5.41) is 11.0. The van der Waals surface area contributed by atoms with Gasteiger partial charge < -0.3 is 11.1 Å². The van der Waals surface area contributed by atoms with Crippen molar-refractivity contribution in [3.05, 3.63) is 88.3 Å². The lowest BCUT2D eigenvalue weighted by Crippen LogP contribution is -2.26. The predicted molar refractivity (Wildman–Crippen MR) is 147 cm³/mol. The second-order valence-electron chi connectivity index (χ2n) is 9.35. The number of nitrogen functional groups attached to an aromatic ring is 1. The van der Waals surface area contributed by atoms with Gasteiger partial charge in [-0.2, -0.15) is 10.2 Å². The second-order valence-corrected chi connectivity index (χ2v) is 10.4. The Labute approximate surface area is 234 Å². The number of halogens is 2. The van der Waals surface area contributed by atoms with Crippen LogP contribution in [0.2, 0.25) is 0 Å². The minimum atomic E-state index is -2.71. The monoisotopic (exact) mass is 570 g/mol. The average molecular weight is 571 g/mol. The second kappa shape index (κ2) is 9.82. The molecule has 11 nitrogen and oxygen atoms in total. The summed E-state index contributed by atoms with van der Waals surface area (Å²) < 4.78 is 27.8. The molecule has 1 aliphatic rings. The molecular formula is C27H20F2N10OS. The van der Waals surface area contributed by atoms with Crippen molar-refractivity contribution in [3.63, 3.8) is 0 Å². The van der Waals surface area contributed by atoms with E-state index in [9.17, 15) is 13.6 Å². The number of carbonyl (C=O) groups is 1. The predicted octanol–water partition coefficient (Wildman–Crippen LogP) is 4.46. The Balaban J connectivity index is 1.28. The summed E-state index contributed by atoms with van der Waals surface area (Å²) in [6.45, 7) is 0. The number of amides is 1. The number of imidazole rings is 1. The number of anilines is 1. The third kappa shape index (κ3) is 4.37. The first-order valence-electron chi connectivity index (χ1n) is 12.6.